The van der Waals surface area contributed by atoms with Crippen LogP contribution in [0.4, 0.5) is 21.5 Å². The van der Waals surface area contributed by atoms with E-state index >= 15 is 0 Å². The molecule has 3 N–H and O–H groups in total. The molecule has 0 aliphatic rings. The summed E-state index contributed by atoms with van der Waals surface area (Å²) >= 11 is 3.13. The van der Waals surface area contributed by atoms with Crippen LogP contribution in [-0.2, 0) is 0 Å². The molecule has 0 radical (unpaired) electrons. The van der Waals surface area contributed by atoms with Gasteiger partial charge in [-0.1, -0.05) is 0 Å². The van der Waals surface area contributed by atoms with E-state index in [1.807, 2.05) is 0 Å². The van der Waals surface area contributed by atoms with Gasteiger partial charge in [0.1, 0.15) is 5.82 Å². The molecule has 0 aliphatic heterocycles. The van der Waals surface area contributed by atoms with Gasteiger partial charge in [-0.05, 0) is 52.3 Å². The molecular formula is C15H15BrFN3O. The molecule has 110 valence electrons. The Balaban J connectivity index is 2.32. The second kappa shape index (κ2) is 6.13. The van der Waals surface area contributed by atoms with Crippen LogP contribution >= 0.6 is 15.9 Å². The van der Waals surface area contributed by atoms with Gasteiger partial charge in [0.05, 0.1) is 15.8 Å². The van der Waals surface area contributed by atoms with Crippen molar-refractivity contribution in [2.45, 2.75) is 0 Å². The fraction of sp³-hybridized carbons (Fsp3) is 0.133. The van der Waals surface area contributed by atoms with Crippen LogP contribution in [0.3, 0.4) is 0 Å². The average molecular weight is 352 g/mol. The Morgan fingerprint density at radius 1 is 1.24 bits per heavy atom. The SMILES string of the molecule is CN(C)C(=O)c1ccc(N)c(Nc2ccc(F)c(Br)c2)c1. The van der Waals surface area contributed by atoms with Crippen molar-refractivity contribution in [2.24, 2.45) is 0 Å². The third-order valence-electron chi connectivity index (χ3n) is 2.91. The average Bonchev–Trinajstić information content (AvgIpc) is 2.44. The van der Waals surface area contributed by atoms with Gasteiger partial charge in [0.15, 0.2) is 0 Å². The Morgan fingerprint density at radius 3 is 2.57 bits per heavy atom. The van der Waals surface area contributed by atoms with Gasteiger partial charge in [-0.2, -0.15) is 0 Å². The van der Waals surface area contributed by atoms with Crippen molar-refractivity contribution < 1.29 is 9.18 Å². The molecule has 2 aromatic carbocycles. The Bertz CT molecular complexity index is 689. The summed E-state index contributed by atoms with van der Waals surface area (Å²) in [6.45, 7) is 0. The molecule has 0 saturated carbocycles. The predicted molar refractivity (Wildman–Crippen MR) is 86.3 cm³/mol. The summed E-state index contributed by atoms with van der Waals surface area (Å²) in [4.78, 5) is 13.4. The van der Waals surface area contributed by atoms with Crippen molar-refractivity contribution in [1.82, 2.24) is 4.90 Å². The molecule has 0 bridgehead atoms. The van der Waals surface area contributed by atoms with E-state index in [1.165, 1.54) is 11.0 Å². The largest absolute Gasteiger partial charge is 0.397 e. The molecule has 0 heterocycles. The number of amides is 1. The number of anilines is 3. The fourth-order valence-electron chi connectivity index (χ4n) is 1.79. The zero-order valence-corrected chi connectivity index (χ0v) is 13.2. The highest BCUT2D eigenvalue weighted by molar-refractivity contribution is 9.10. The minimum absolute atomic E-state index is 0.113. The lowest BCUT2D eigenvalue weighted by molar-refractivity contribution is 0.0827. The third-order valence-corrected chi connectivity index (χ3v) is 3.51. The second-order valence-corrected chi connectivity index (χ2v) is 5.61. The van der Waals surface area contributed by atoms with E-state index in [-0.39, 0.29) is 11.7 Å². The summed E-state index contributed by atoms with van der Waals surface area (Å²) in [7, 11) is 3.37. The van der Waals surface area contributed by atoms with Gasteiger partial charge in [-0.15, -0.1) is 0 Å². The lowest BCUT2D eigenvalue weighted by atomic mass is 10.1. The van der Waals surface area contributed by atoms with Crippen LogP contribution in [0.25, 0.3) is 0 Å². The van der Waals surface area contributed by atoms with Gasteiger partial charge >= 0.3 is 0 Å². The Hall–Kier alpha value is -2.08. The number of nitrogens with one attached hydrogen (secondary N) is 1. The van der Waals surface area contributed by atoms with E-state index in [0.29, 0.717) is 27.1 Å². The molecule has 2 aromatic rings. The van der Waals surface area contributed by atoms with Crippen LogP contribution in [0.2, 0.25) is 0 Å². The molecule has 0 saturated heterocycles. The summed E-state index contributed by atoms with van der Waals surface area (Å²) in [5.74, 6) is -0.455. The first-order chi connectivity index (χ1) is 9.88. The lowest BCUT2D eigenvalue weighted by Crippen LogP contribution is -2.21. The number of nitrogen functional groups attached to an aromatic ring is 1. The molecule has 0 unspecified atom stereocenters. The molecule has 0 aliphatic carbocycles. The number of carbonyl (C=O) groups is 1. The van der Waals surface area contributed by atoms with Crippen molar-refractivity contribution in [1.29, 1.82) is 0 Å². The maximum Gasteiger partial charge on any atom is 0.253 e. The Morgan fingerprint density at radius 2 is 1.95 bits per heavy atom. The molecule has 0 aromatic heterocycles. The van der Waals surface area contributed by atoms with E-state index in [2.05, 4.69) is 21.2 Å². The first-order valence-electron chi connectivity index (χ1n) is 6.21. The smallest absolute Gasteiger partial charge is 0.253 e. The number of nitrogens with zero attached hydrogens (tertiary/aromatic N) is 1. The van der Waals surface area contributed by atoms with Crippen molar-refractivity contribution >= 4 is 38.9 Å². The van der Waals surface area contributed by atoms with E-state index in [1.54, 1.807) is 44.4 Å². The van der Waals surface area contributed by atoms with Crippen molar-refractivity contribution in [2.75, 3.05) is 25.1 Å². The number of hydrogen-bond acceptors (Lipinski definition) is 3. The first-order valence-corrected chi connectivity index (χ1v) is 7.01. The summed E-state index contributed by atoms with van der Waals surface area (Å²) in [6, 6.07) is 9.56. The van der Waals surface area contributed by atoms with Crippen LogP contribution in [-0.4, -0.2) is 24.9 Å². The normalized spacial score (nSPS) is 10.3. The Kier molecular flexibility index (Phi) is 4.47. The number of rotatable bonds is 3. The zero-order valence-electron chi connectivity index (χ0n) is 11.7. The van der Waals surface area contributed by atoms with Crippen LogP contribution in [0.1, 0.15) is 10.4 Å². The Labute approximate surface area is 130 Å². The number of carbonyl (C=O) groups excluding carboxylic acids is 1. The van der Waals surface area contributed by atoms with Gasteiger partial charge in [0.25, 0.3) is 5.91 Å². The molecule has 21 heavy (non-hydrogen) atoms. The van der Waals surface area contributed by atoms with Gasteiger partial charge in [-0.25, -0.2) is 4.39 Å². The summed E-state index contributed by atoms with van der Waals surface area (Å²) < 4.78 is 13.6. The minimum Gasteiger partial charge on any atom is -0.397 e. The summed E-state index contributed by atoms with van der Waals surface area (Å²) in [5, 5.41) is 3.08. The van der Waals surface area contributed by atoms with Gasteiger partial charge in [0, 0.05) is 25.3 Å². The van der Waals surface area contributed by atoms with Crippen molar-refractivity contribution in [3.63, 3.8) is 0 Å². The van der Waals surface area contributed by atoms with Crippen LogP contribution in [0.15, 0.2) is 40.9 Å². The van der Waals surface area contributed by atoms with Crippen molar-refractivity contribution in [3.05, 3.63) is 52.3 Å². The van der Waals surface area contributed by atoms with Gasteiger partial charge < -0.3 is 16.0 Å². The molecule has 4 nitrogen and oxygen atoms in total. The maximum atomic E-state index is 13.2. The summed E-state index contributed by atoms with van der Waals surface area (Å²) in [6.07, 6.45) is 0. The molecule has 2 rings (SSSR count). The topological polar surface area (TPSA) is 58.4 Å². The molecule has 0 spiro atoms. The first kappa shape index (κ1) is 15.3. The highest BCUT2D eigenvalue weighted by atomic mass is 79.9. The molecule has 0 fully saturated rings. The second-order valence-electron chi connectivity index (χ2n) is 4.76. The highest BCUT2D eigenvalue weighted by Crippen LogP contribution is 2.27. The molecule has 1 amide bonds. The lowest BCUT2D eigenvalue weighted by Gasteiger charge is -2.14. The van der Waals surface area contributed by atoms with E-state index in [4.69, 9.17) is 5.73 Å². The molecular weight excluding hydrogens is 337 g/mol. The third kappa shape index (κ3) is 3.52. The monoisotopic (exact) mass is 351 g/mol. The quantitative estimate of drug-likeness (QED) is 0.830. The van der Waals surface area contributed by atoms with E-state index in [9.17, 15) is 9.18 Å². The van der Waals surface area contributed by atoms with Gasteiger partial charge in [-0.3, -0.25) is 4.79 Å². The highest BCUT2D eigenvalue weighted by Gasteiger charge is 2.11. The maximum absolute atomic E-state index is 13.2. The number of halogens is 2. The van der Waals surface area contributed by atoms with E-state index < -0.39 is 0 Å². The van der Waals surface area contributed by atoms with Gasteiger partial charge in [0.2, 0.25) is 0 Å². The summed E-state index contributed by atoms with van der Waals surface area (Å²) in [5.41, 5.74) is 8.21. The predicted octanol–water partition coefficient (Wildman–Crippen LogP) is 3.62. The fourth-order valence-corrected chi connectivity index (χ4v) is 2.16. The van der Waals surface area contributed by atoms with Crippen LogP contribution < -0.4 is 11.1 Å². The molecule has 6 heteroatoms. The molecule has 0 atom stereocenters. The van der Waals surface area contributed by atoms with Crippen LogP contribution in [0.5, 0.6) is 0 Å². The number of hydrogen-bond donors (Lipinski definition) is 2. The van der Waals surface area contributed by atoms with E-state index in [0.717, 1.165) is 0 Å². The number of nitrogens with two attached hydrogens (primary N) is 1. The van der Waals surface area contributed by atoms with Crippen LogP contribution in [0, 0.1) is 5.82 Å². The number of benzene rings is 2. The zero-order chi connectivity index (χ0) is 15.6. The standard InChI is InChI=1S/C15H15BrFN3O/c1-20(2)15(21)9-3-6-13(18)14(7-9)19-10-4-5-12(17)11(16)8-10/h3-8,19H,18H2,1-2H3. The minimum atomic E-state index is -0.343. The van der Waals surface area contributed by atoms with Crippen molar-refractivity contribution in [3.8, 4) is 0 Å².